The average molecular weight is 352 g/mol. The summed E-state index contributed by atoms with van der Waals surface area (Å²) in [6.45, 7) is 2.57. The Balaban J connectivity index is 1.68. The van der Waals surface area contributed by atoms with Gasteiger partial charge >= 0.3 is 0 Å². The highest BCUT2D eigenvalue weighted by molar-refractivity contribution is 5.98. The molecule has 1 N–H and O–H groups in total. The standard InChI is InChI=1S/C20H24N4O2/c1-23(2)12-10-22-19(25)18-13-16(7-9-21-18)20(26)24-11-8-15-5-3-4-6-17(15)14-24/h3-7,9,13H,8,10-12,14H2,1-2H3,(H,22,25). The van der Waals surface area contributed by atoms with Gasteiger partial charge in [0.05, 0.1) is 0 Å². The average Bonchev–Trinajstić information content (AvgIpc) is 2.66. The second-order valence-corrected chi connectivity index (χ2v) is 6.73. The molecule has 1 aromatic carbocycles. The van der Waals surface area contributed by atoms with E-state index in [1.54, 1.807) is 12.1 Å². The second-order valence-electron chi connectivity index (χ2n) is 6.73. The molecule has 6 nitrogen and oxygen atoms in total. The molecule has 1 aliphatic rings. The van der Waals surface area contributed by atoms with Crippen LogP contribution in [-0.2, 0) is 13.0 Å². The predicted octanol–water partition coefficient (Wildman–Crippen LogP) is 1.57. The van der Waals surface area contributed by atoms with Crippen molar-refractivity contribution in [2.75, 3.05) is 33.7 Å². The Labute approximate surface area is 153 Å². The van der Waals surface area contributed by atoms with E-state index in [2.05, 4.69) is 22.4 Å². The van der Waals surface area contributed by atoms with E-state index in [1.807, 2.05) is 36.0 Å². The first-order chi connectivity index (χ1) is 12.5. The maximum Gasteiger partial charge on any atom is 0.269 e. The molecule has 26 heavy (non-hydrogen) atoms. The third-order valence-corrected chi connectivity index (χ3v) is 4.50. The summed E-state index contributed by atoms with van der Waals surface area (Å²) in [4.78, 5) is 33.0. The SMILES string of the molecule is CN(C)CCNC(=O)c1cc(C(=O)N2CCc3ccccc3C2)ccn1. The Bertz CT molecular complexity index is 804. The molecule has 3 rings (SSSR count). The first kappa shape index (κ1) is 18.1. The molecule has 0 unspecified atom stereocenters. The number of benzene rings is 1. The lowest BCUT2D eigenvalue weighted by Crippen LogP contribution is -2.36. The lowest BCUT2D eigenvalue weighted by molar-refractivity contribution is 0.0734. The highest BCUT2D eigenvalue weighted by Crippen LogP contribution is 2.20. The molecule has 6 heteroatoms. The number of hydrogen-bond donors (Lipinski definition) is 1. The first-order valence-corrected chi connectivity index (χ1v) is 8.79. The molecule has 1 aliphatic heterocycles. The molecule has 2 amide bonds. The molecule has 0 aliphatic carbocycles. The largest absolute Gasteiger partial charge is 0.349 e. The van der Waals surface area contributed by atoms with E-state index >= 15 is 0 Å². The fraction of sp³-hybridized carbons (Fsp3) is 0.350. The second kappa shape index (κ2) is 8.10. The van der Waals surface area contributed by atoms with Gasteiger partial charge < -0.3 is 15.1 Å². The lowest BCUT2D eigenvalue weighted by atomic mass is 9.99. The number of fused-ring (bicyclic) bond motifs is 1. The fourth-order valence-electron chi connectivity index (χ4n) is 3.02. The van der Waals surface area contributed by atoms with Crippen LogP contribution in [-0.4, -0.2) is 60.3 Å². The zero-order valence-corrected chi connectivity index (χ0v) is 15.2. The number of nitrogens with one attached hydrogen (secondary N) is 1. The van der Waals surface area contributed by atoms with Gasteiger partial charge in [-0.3, -0.25) is 14.6 Å². The monoisotopic (exact) mass is 352 g/mol. The molecular formula is C20H24N4O2. The van der Waals surface area contributed by atoms with E-state index in [0.717, 1.165) is 13.0 Å². The van der Waals surface area contributed by atoms with Crippen LogP contribution in [0.3, 0.4) is 0 Å². The summed E-state index contributed by atoms with van der Waals surface area (Å²) in [6, 6.07) is 11.4. The molecule has 0 atom stereocenters. The van der Waals surface area contributed by atoms with Crippen LogP contribution in [0.2, 0.25) is 0 Å². The van der Waals surface area contributed by atoms with E-state index in [-0.39, 0.29) is 17.5 Å². The third-order valence-electron chi connectivity index (χ3n) is 4.50. The van der Waals surface area contributed by atoms with Crippen molar-refractivity contribution in [3.05, 3.63) is 65.0 Å². The molecule has 0 radical (unpaired) electrons. The molecule has 136 valence electrons. The van der Waals surface area contributed by atoms with Gasteiger partial charge in [-0.1, -0.05) is 24.3 Å². The molecule has 0 saturated carbocycles. The van der Waals surface area contributed by atoms with Crippen molar-refractivity contribution >= 4 is 11.8 Å². The van der Waals surface area contributed by atoms with Crippen LogP contribution in [0.15, 0.2) is 42.6 Å². The number of hydrogen-bond acceptors (Lipinski definition) is 4. The zero-order chi connectivity index (χ0) is 18.5. The van der Waals surface area contributed by atoms with Gasteiger partial charge in [-0.25, -0.2) is 0 Å². The lowest BCUT2D eigenvalue weighted by Gasteiger charge is -2.29. The van der Waals surface area contributed by atoms with E-state index in [4.69, 9.17) is 0 Å². The highest BCUT2D eigenvalue weighted by atomic mass is 16.2. The Morgan fingerprint density at radius 3 is 2.73 bits per heavy atom. The molecular weight excluding hydrogens is 328 g/mol. The van der Waals surface area contributed by atoms with Crippen molar-refractivity contribution in [3.63, 3.8) is 0 Å². The summed E-state index contributed by atoms with van der Waals surface area (Å²) in [7, 11) is 3.89. The maximum absolute atomic E-state index is 12.8. The van der Waals surface area contributed by atoms with E-state index in [1.165, 1.54) is 17.3 Å². The van der Waals surface area contributed by atoms with Crippen molar-refractivity contribution in [1.29, 1.82) is 0 Å². The van der Waals surface area contributed by atoms with Gasteiger partial charge in [-0.05, 0) is 43.8 Å². The molecule has 2 heterocycles. The summed E-state index contributed by atoms with van der Waals surface area (Å²) in [5, 5.41) is 2.82. The van der Waals surface area contributed by atoms with Gasteiger partial charge in [0, 0.05) is 37.9 Å². The quantitative estimate of drug-likeness (QED) is 0.887. The predicted molar refractivity (Wildman–Crippen MR) is 100 cm³/mol. The van der Waals surface area contributed by atoms with Crippen LogP contribution in [0, 0.1) is 0 Å². The Morgan fingerprint density at radius 2 is 1.96 bits per heavy atom. The van der Waals surface area contributed by atoms with Crippen molar-refractivity contribution in [1.82, 2.24) is 20.1 Å². The summed E-state index contributed by atoms with van der Waals surface area (Å²) >= 11 is 0. The van der Waals surface area contributed by atoms with Gasteiger partial charge in [-0.2, -0.15) is 0 Å². The van der Waals surface area contributed by atoms with E-state index in [9.17, 15) is 9.59 Å². The molecule has 2 aromatic rings. The van der Waals surface area contributed by atoms with Gasteiger partial charge in [0.2, 0.25) is 0 Å². The molecule has 0 fully saturated rings. The van der Waals surface area contributed by atoms with E-state index in [0.29, 0.717) is 25.2 Å². The normalized spacial score (nSPS) is 13.4. The van der Waals surface area contributed by atoms with Gasteiger partial charge in [0.15, 0.2) is 0 Å². The minimum absolute atomic E-state index is 0.0655. The fourth-order valence-corrected chi connectivity index (χ4v) is 3.02. The van der Waals surface area contributed by atoms with Crippen LogP contribution in [0.5, 0.6) is 0 Å². The Kier molecular flexibility index (Phi) is 5.63. The third kappa shape index (κ3) is 4.26. The smallest absolute Gasteiger partial charge is 0.269 e. The Hall–Kier alpha value is -2.73. The van der Waals surface area contributed by atoms with Crippen molar-refractivity contribution in [2.24, 2.45) is 0 Å². The van der Waals surface area contributed by atoms with Crippen LogP contribution in [0.4, 0.5) is 0 Å². The van der Waals surface area contributed by atoms with Crippen molar-refractivity contribution in [3.8, 4) is 0 Å². The summed E-state index contributed by atoms with van der Waals surface area (Å²) < 4.78 is 0. The number of pyridine rings is 1. The summed E-state index contributed by atoms with van der Waals surface area (Å²) in [5.41, 5.74) is 3.25. The topological polar surface area (TPSA) is 65.5 Å². The summed E-state index contributed by atoms with van der Waals surface area (Å²) in [5.74, 6) is -0.324. The van der Waals surface area contributed by atoms with Gasteiger partial charge in [-0.15, -0.1) is 0 Å². The van der Waals surface area contributed by atoms with Crippen LogP contribution in [0.1, 0.15) is 32.0 Å². The maximum atomic E-state index is 12.8. The number of aromatic nitrogens is 1. The molecule has 0 bridgehead atoms. The molecule has 0 saturated heterocycles. The summed E-state index contributed by atoms with van der Waals surface area (Å²) in [6.07, 6.45) is 2.37. The van der Waals surface area contributed by atoms with Crippen LogP contribution < -0.4 is 5.32 Å². The van der Waals surface area contributed by atoms with Crippen molar-refractivity contribution < 1.29 is 9.59 Å². The number of nitrogens with zero attached hydrogens (tertiary/aromatic N) is 3. The van der Waals surface area contributed by atoms with Gasteiger partial charge in [0.25, 0.3) is 11.8 Å². The first-order valence-electron chi connectivity index (χ1n) is 8.79. The highest BCUT2D eigenvalue weighted by Gasteiger charge is 2.22. The number of amides is 2. The van der Waals surface area contributed by atoms with Crippen molar-refractivity contribution in [2.45, 2.75) is 13.0 Å². The van der Waals surface area contributed by atoms with Crippen LogP contribution >= 0.6 is 0 Å². The zero-order valence-electron chi connectivity index (χ0n) is 15.2. The van der Waals surface area contributed by atoms with Crippen LogP contribution in [0.25, 0.3) is 0 Å². The number of likely N-dealkylation sites (N-methyl/N-ethyl adjacent to an activating group) is 1. The number of carbonyl (C=O) groups excluding carboxylic acids is 2. The molecule has 0 spiro atoms. The molecule has 1 aromatic heterocycles. The minimum Gasteiger partial charge on any atom is -0.349 e. The Morgan fingerprint density at radius 1 is 1.19 bits per heavy atom. The number of carbonyl (C=O) groups is 2. The minimum atomic E-state index is -0.259. The van der Waals surface area contributed by atoms with E-state index < -0.39 is 0 Å². The van der Waals surface area contributed by atoms with Gasteiger partial charge in [0.1, 0.15) is 5.69 Å². The number of rotatable bonds is 5.